The predicted octanol–water partition coefficient (Wildman–Crippen LogP) is 3.26. The van der Waals surface area contributed by atoms with E-state index in [2.05, 4.69) is 5.32 Å². The Kier molecular flexibility index (Phi) is 4.49. The summed E-state index contributed by atoms with van der Waals surface area (Å²) in [5.41, 5.74) is 0.139. The highest BCUT2D eigenvalue weighted by Crippen LogP contribution is 2.57. The second-order valence-electron chi connectivity index (χ2n) is 8.81. The monoisotopic (exact) mass is 307 g/mol. The molecule has 5 rings (SSSR count). The highest BCUT2D eigenvalue weighted by Gasteiger charge is 2.51. The molecule has 0 aromatic heterocycles. The van der Waals surface area contributed by atoms with Crippen molar-refractivity contribution in [3.8, 4) is 0 Å². The summed E-state index contributed by atoms with van der Waals surface area (Å²) in [6, 6.07) is 0.628. The molecule has 5 fully saturated rings. The zero-order chi connectivity index (χ0) is 15.0. The predicted molar refractivity (Wildman–Crippen MR) is 87.7 cm³/mol. The minimum Gasteiger partial charge on any atom is -0.389 e. The van der Waals surface area contributed by atoms with Gasteiger partial charge in [-0.25, -0.2) is 0 Å². The fraction of sp³-hybridized carbons (Fsp3) is 1.00. The van der Waals surface area contributed by atoms with Crippen molar-refractivity contribution in [2.45, 2.75) is 88.4 Å². The van der Waals surface area contributed by atoms with Gasteiger partial charge in [0.2, 0.25) is 0 Å². The van der Waals surface area contributed by atoms with Gasteiger partial charge >= 0.3 is 0 Å². The fourth-order valence-corrected chi connectivity index (χ4v) is 6.15. The number of hydrogen-bond donors (Lipinski definition) is 2. The first-order valence-corrected chi connectivity index (χ1v) is 9.76. The molecule has 0 aromatic rings. The van der Waals surface area contributed by atoms with Gasteiger partial charge in [0, 0.05) is 12.6 Å². The third kappa shape index (κ3) is 3.37. The van der Waals surface area contributed by atoms with Crippen LogP contribution in [0, 0.1) is 17.8 Å². The number of hydrogen-bond acceptors (Lipinski definition) is 3. The summed E-state index contributed by atoms with van der Waals surface area (Å²) in [7, 11) is 0. The first-order chi connectivity index (χ1) is 10.7. The molecule has 5 saturated carbocycles. The molecule has 0 aliphatic heterocycles. The van der Waals surface area contributed by atoms with Crippen molar-refractivity contribution in [3.05, 3.63) is 0 Å². The molecule has 1 atom stereocenters. The Labute approximate surface area is 135 Å². The highest BCUT2D eigenvalue weighted by atomic mass is 16.5. The van der Waals surface area contributed by atoms with Gasteiger partial charge in [0.15, 0.2) is 0 Å². The fourth-order valence-electron chi connectivity index (χ4n) is 6.15. The zero-order valence-corrected chi connectivity index (χ0v) is 13.9. The summed E-state index contributed by atoms with van der Waals surface area (Å²) in [5.74, 6) is 2.76. The molecule has 0 aromatic carbocycles. The standard InChI is InChI=1S/C19H33NO2/c21-18(12-20-17-4-2-1-3-5-17)13-22-19-9-14-6-15(10-19)8-16(7-14)11-19/h14-18,20-21H,1-13H2/t14?,15?,16?,18-,19?/m0/s1. The molecular formula is C19H33NO2. The summed E-state index contributed by atoms with van der Waals surface area (Å²) in [6.07, 6.45) is 14.5. The molecule has 5 aliphatic rings. The van der Waals surface area contributed by atoms with Crippen LogP contribution in [-0.2, 0) is 4.74 Å². The minimum atomic E-state index is -0.338. The Morgan fingerprint density at radius 3 is 2.14 bits per heavy atom. The van der Waals surface area contributed by atoms with E-state index in [-0.39, 0.29) is 11.7 Å². The van der Waals surface area contributed by atoms with E-state index in [1.54, 1.807) is 0 Å². The molecule has 3 heteroatoms. The van der Waals surface area contributed by atoms with Gasteiger partial charge in [-0.3, -0.25) is 0 Å². The molecule has 0 amide bonds. The number of nitrogens with one attached hydrogen (secondary N) is 1. The molecule has 0 saturated heterocycles. The quantitative estimate of drug-likeness (QED) is 0.791. The van der Waals surface area contributed by atoms with Gasteiger partial charge in [-0.15, -0.1) is 0 Å². The van der Waals surface area contributed by atoms with Crippen molar-refractivity contribution in [1.29, 1.82) is 0 Å². The summed E-state index contributed by atoms with van der Waals surface area (Å²) >= 11 is 0. The molecule has 5 aliphatic carbocycles. The van der Waals surface area contributed by atoms with Gasteiger partial charge in [0.25, 0.3) is 0 Å². The number of aliphatic hydroxyl groups excluding tert-OH is 1. The van der Waals surface area contributed by atoms with Crippen LogP contribution in [0.2, 0.25) is 0 Å². The van der Waals surface area contributed by atoms with Crippen LogP contribution < -0.4 is 5.32 Å². The molecule has 2 N–H and O–H groups in total. The number of aliphatic hydroxyl groups is 1. The first kappa shape index (κ1) is 15.4. The van der Waals surface area contributed by atoms with Crippen LogP contribution in [0.5, 0.6) is 0 Å². The van der Waals surface area contributed by atoms with E-state index < -0.39 is 0 Å². The third-order valence-electron chi connectivity index (χ3n) is 6.81. The smallest absolute Gasteiger partial charge is 0.0898 e. The van der Waals surface area contributed by atoms with Crippen molar-refractivity contribution >= 4 is 0 Å². The van der Waals surface area contributed by atoms with E-state index in [0.29, 0.717) is 19.2 Å². The van der Waals surface area contributed by atoms with E-state index in [9.17, 15) is 5.11 Å². The van der Waals surface area contributed by atoms with Gasteiger partial charge in [-0.2, -0.15) is 0 Å². The minimum absolute atomic E-state index is 0.139. The second-order valence-corrected chi connectivity index (χ2v) is 8.81. The lowest BCUT2D eigenvalue weighted by Gasteiger charge is -2.56. The lowest BCUT2D eigenvalue weighted by Crippen LogP contribution is -2.53. The summed E-state index contributed by atoms with van der Waals surface area (Å²) in [4.78, 5) is 0. The Morgan fingerprint density at radius 1 is 0.955 bits per heavy atom. The van der Waals surface area contributed by atoms with Gasteiger partial charge in [0.05, 0.1) is 18.3 Å². The van der Waals surface area contributed by atoms with Gasteiger partial charge in [0.1, 0.15) is 0 Å². The lowest BCUT2D eigenvalue weighted by molar-refractivity contribution is -0.174. The topological polar surface area (TPSA) is 41.5 Å². The van der Waals surface area contributed by atoms with E-state index >= 15 is 0 Å². The average Bonchev–Trinajstić information content (AvgIpc) is 2.51. The van der Waals surface area contributed by atoms with E-state index in [4.69, 9.17) is 4.74 Å². The zero-order valence-electron chi connectivity index (χ0n) is 13.9. The normalized spacial score (nSPS) is 42.7. The average molecular weight is 307 g/mol. The summed E-state index contributed by atoms with van der Waals surface area (Å²) in [6.45, 7) is 1.24. The highest BCUT2D eigenvalue weighted by molar-refractivity contribution is 5.03. The van der Waals surface area contributed by atoms with Crippen LogP contribution >= 0.6 is 0 Å². The van der Waals surface area contributed by atoms with Crippen LogP contribution in [0.1, 0.15) is 70.6 Å². The maximum atomic E-state index is 10.3. The van der Waals surface area contributed by atoms with E-state index in [0.717, 1.165) is 17.8 Å². The largest absolute Gasteiger partial charge is 0.389 e. The Morgan fingerprint density at radius 2 is 1.55 bits per heavy atom. The van der Waals surface area contributed by atoms with Crippen molar-refractivity contribution in [1.82, 2.24) is 5.32 Å². The molecule has 126 valence electrons. The molecule has 0 heterocycles. The van der Waals surface area contributed by atoms with Gasteiger partial charge in [-0.05, 0) is 69.1 Å². The molecule has 4 bridgehead atoms. The Balaban J connectivity index is 1.22. The molecule has 0 unspecified atom stereocenters. The maximum absolute atomic E-state index is 10.3. The summed E-state index contributed by atoms with van der Waals surface area (Å²) < 4.78 is 6.35. The van der Waals surface area contributed by atoms with Crippen LogP contribution in [-0.4, -0.2) is 36.0 Å². The Hall–Kier alpha value is -0.120. The van der Waals surface area contributed by atoms with Crippen molar-refractivity contribution in [2.24, 2.45) is 17.8 Å². The lowest BCUT2D eigenvalue weighted by atomic mass is 9.54. The molecule has 0 spiro atoms. The van der Waals surface area contributed by atoms with Gasteiger partial charge in [-0.1, -0.05) is 19.3 Å². The molecule has 22 heavy (non-hydrogen) atoms. The van der Waals surface area contributed by atoms with Crippen LogP contribution in [0.4, 0.5) is 0 Å². The molecule has 0 radical (unpaired) electrons. The second kappa shape index (κ2) is 6.41. The van der Waals surface area contributed by atoms with Crippen molar-refractivity contribution in [3.63, 3.8) is 0 Å². The number of ether oxygens (including phenoxy) is 1. The third-order valence-corrected chi connectivity index (χ3v) is 6.81. The summed E-state index contributed by atoms with van der Waals surface area (Å²) in [5, 5.41) is 13.8. The first-order valence-electron chi connectivity index (χ1n) is 9.76. The molecule has 3 nitrogen and oxygen atoms in total. The van der Waals surface area contributed by atoms with E-state index in [1.165, 1.54) is 70.6 Å². The Bertz CT molecular complexity index is 342. The van der Waals surface area contributed by atoms with Crippen molar-refractivity contribution < 1.29 is 9.84 Å². The maximum Gasteiger partial charge on any atom is 0.0898 e. The van der Waals surface area contributed by atoms with Crippen LogP contribution in [0.3, 0.4) is 0 Å². The molecular weight excluding hydrogens is 274 g/mol. The van der Waals surface area contributed by atoms with Crippen LogP contribution in [0.25, 0.3) is 0 Å². The number of rotatable bonds is 6. The SMILES string of the molecule is O[C@@H](CNC1CCCCC1)COC12CC3CC(CC(C3)C1)C2. The van der Waals surface area contributed by atoms with Crippen molar-refractivity contribution in [2.75, 3.05) is 13.2 Å². The van der Waals surface area contributed by atoms with E-state index in [1.807, 2.05) is 0 Å². The van der Waals surface area contributed by atoms with Gasteiger partial charge < -0.3 is 15.2 Å². The van der Waals surface area contributed by atoms with Crippen LogP contribution in [0.15, 0.2) is 0 Å².